The van der Waals surface area contributed by atoms with E-state index in [0.29, 0.717) is 0 Å². The lowest BCUT2D eigenvalue weighted by Crippen LogP contribution is -1.86. The van der Waals surface area contributed by atoms with Crippen molar-refractivity contribution in [2.75, 3.05) is 0 Å². The van der Waals surface area contributed by atoms with Gasteiger partial charge >= 0.3 is 0 Å². The number of hydrogen-bond donors (Lipinski definition) is 1. The number of para-hydroxylation sites is 1. The van der Waals surface area contributed by atoms with Crippen molar-refractivity contribution in [1.82, 2.24) is 4.98 Å². The second-order valence-corrected chi connectivity index (χ2v) is 6.35. The van der Waals surface area contributed by atoms with E-state index in [0.717, 1.165) is 0 Å². The maximum absolute atomic E-state index is 3.57. The first-order valence-electron chi connectivity index (χ1n) is 8.55. The van der Waals surface area contributed by atoms with Crippen LogP contribution in [0.4, 0.5) is 0 Å². The van der Waals surface area contributed by atoms with Crippen LogP contribution >= 0.6 is 0 Å². The Hall–Kier alpha value is -3.32. The molecular formula is C24H17N. The Bertz CT molecular complexity index is 1170. The van der Waals surface area contributed by atoms with Crippen LogP contribution in [0.15, 0.2) is 97.1 Å². The number of benzene rings is 4. The highest BCUT2D eigenvalue weighted by Gasteiger charge is 2.12. The zero-order chi connectivity index (χ0) is 16.6. The Balaban J connectivity index is 1.89. The van der Waals surface area contributed by atoms with E-state index in [9.17, 15) is 0 Å². The molecule has 4 aromatic carbocycles. The van der Waals surface area contributed by atoms with Gasteiger partial charge in [0.25, 0.3) is 0 Å². The van der Waals surface area contributed by atoms with Crippen LogP contribution in [0, 0.1) is 0 Å². The Morgan fingerprint density at radius 2 is 1.00 bits per heavy atom. The number of fused-ring (bicyclic) bond motifs is 3. The summed E-state index contributed by atoms with van der Waals surface area (Å²) in [6, 6.07) is 34.4. The molecule has 0 amide bonds. The molecule has 0 bridgehead atoms. The standard InChI is InChI=1S/C24H17N/c1-3-9-17(10-4-1)20-15-22-19-13-7-8-14-23(19)25-24(22)16-21(20)18-11-5-2-6-12-18/h1-16,25H. The molecule has 0 aliphatic rings. The highest BCUT2D eigenvalue weighted by atomic mass is 14.7. The smallest absolute Gasteiger partial charge is 0.0471 e. The van der Waals surface area contributed by atoms with Gasteiger partial charge in [0.1, 0.15) is 0 Å². The van der Waals surface area contributed by atoms with Crippen molar-refractivity contribution < 1.29 is 0 Å². The second-order valence-electron chi connectivity index (χ2n) is 6.35. The SMILES string of the molecule is c1ccc(-c2cc3[nH]c4ccccc4c3cc2-c2ccccc2)cc1. The van der Waals surface area contributed by atoms with Crippen LogP contribution in [0.2, 0.25) is 0 Å². The maximum Gasteiger partial charge on any atom is 0.0471 e. The predicted octanol–water partition coefficient (Wildman–Crippen LogP) is 6.66. The van der Waals surface area contributed by atoms with E-state index in [4.69, 9.17) is 0 Å². The van der Waals surface area contributed by atoms with Crippen LogP contribution in [0.1, 0.15) is 0 Å². The average Bonchev–Trinajstić information content (AvgIpc) is 3.06. The molecule has 0 aliphatic heterocycles. The van der Waals surface area contributed by atoms with Gasteiger partial charge in [-0.2, -0.15) is 0 Å². The van der Waals surface area contributed by atoms with E-state index in [1.54, 1.807) is 0 Å². The third-order valence-corrected chi connectivity index (χ3v) is 4.81. The summed E-state index contributed by atoms with van der Waals surface area (Å²) in [5.41, 5.74) is 7.37. The Labute approximate surface area is 146 Å². The van der Waals surface area contributed by atoms with Gasteiger partial charge in [0.15, 0.2) is 0 Å². The summed E-state index contributed by atoms with van der Waals surface area (Å²) >= 11 is 0. The first-order valence-corrected chi connectivity index (χ1v) is 8.55. The van der Waals surface area contributed by atoms with Crippen molar-refractivity contribution in [3.63, 3.8) is 0 Å². The third-order valence-electron chi connectivity index (χ3n) is 4.81. The number of rotatable bonds is 2. The van der Waals surface area contributed by atoms with Crippen LogP contribution in [-0.4, -0.2) is 4.98 Å². The third kappa shape index (κ3) is 2.33. The lowest BCUT2D eigenvalue weighted by atomic mass is 9.93. The number of nitrogens with one attached hydrogen (secondary N) is 1. The summed E-state index contributed by atoms with van der Waals surface area (Å²) in [4.78, 5) is 3.57. The van der Waals surface area contributed by atoms with Crippen molar-refractivity contribution in [2.24, 2.45) is 0 Å². The topological polar surface area (TPSA) is 15.8 Å². The molecule has 5 rings (SSSR count). The van der Waals surface area contributed by atoms with Gasteiger partial charge < -0.3 is 4.98 Å². The van der Waals surface area contributed by atoms with Crippen LogP contribution < -0.4 is 0 Å². The molecule has 0 saturated heterocycles. The second kappa shape index (κ2) is 5.64. The number of aromatic amines is 1. The highest BCUT2D eigenvalue weighted by Crippen LogP contribution is 2.37. The minimum absolute atomic E-state index is 1.18. The first-order chi connectivity index (χ1) is 12.4. The van der Waals surface area contributed by atoms with Crippen molar-refractivity contribution >= 4 is 21.8 Å². The summed E-state index contributed by atoms with van der Waals surface area (Å²) in [5.74, 6) is 0. The molecular weight excluding hydrogens is 302 g/mol. The molecule has 0 atom stereocenters. The molecule has 1 N–H and O–H groups in total. The van der Waals surface area contributed by atoms with Crippen molar-refractivity contribution in [3.05, 3.63) is 97.1 Å². The zero-order valence-electron chi connectivity index (χ0n) is 13.7. The first kappa shape index (κ1) is 14.1. The van der Waals surface area contributed by atoms with Gasteiger partial charge in [0, 0.05) is 21.8 Å². The fourth-order valence-electron chi connectivity index (χ4n) is 3.61. The van der Waals surface area contributed by atoms with Crippen LogP contribution in [0.25, 0.3) is 44.1 Å². The molecule has 0 radical (unpaired) electrons. The zero-order valence-corrected chi connectivity index (χ0v) is 13.7. The summed E-state index contributed by atoms with van der Waals surface area (Å²) < 4.78 is 0. The molecule has 0 saturated carbocycles. The van der Waals surface area contributed by atoms with Gasteiger partial charge in [-0.3, -0.25) is 0 Å². The lowest BCUT2D eigenvalue weighted by molar-refractivity contribution is 1.53. The quantitative estimate of drug-likeness (QED) is 0.374. The van der Waals surface area contributed by atoms with E-state index in [2.05, 4.69) is 102 Å². The molecule has 1 nitrogen and oxygen atoms in total. The van der Waals surface area contributed by atoms with E-state index in [1.165, 1.54) is 44.1 Å². The van der Waals surface area contributed by atoms with Gasteiger partial charge in [-0.1, -0.05) is 78.9 Å². The average molecular weight is 319 g/mol. The minimum atomic E-state index is 1.18. The van der Waals surface area contributed by atoms with E-state index in [1.807, 2.05) is 0 Å². The molecule has 1 heteroatoms. The molecule has 0 fully saturated rings. The van der Waals surface area contributed by atoms with Gasteiger partial charge in [-0.05, 0) is 40.5 Å². The molecule has 0 spiro atoms. The van der Waals surface area contributed by atoms with Gasteiger partial charge in [0.05, 0.1) is 0 Å². The fourth-order valence-corrected chi connectivity index (χ4v) is 3.61. The lowest BCUT2D eigenvalue weighted by Gasteiger charge is -2.11. The van der Waals surface area contributed by atoms with Crippen LogP contribution in [0.3, 0.4) is 0 Å². The Kier molecular flexibility index (Phi) is 3.17. The molecule has 1 aromatic heterocycles. The number of aromatic nitrogens is 1. The summed E-state index contributed by atoms with van der Waals surface area (Å²) in [6.45, 7) is 0. The van der Waals surface area contributed by atoms with Crippen LogP contribution in [-0.2, 0) is 0 Å². The predicted molar refractivity (Wildman–Crippen MR) is 107 cm³/mol. The number of hydrogen-bond acceptors (Lipinski definition) is 0. The van der Waals surface area contributed by atoms with Gasteiger partial charge in [0.2, 0.25) is 0 Å². The summed E-state index contributed by atoms with van der Waals surface area (Å²) in [7, 11) is 0. The Morgan fingerprint density at radius 3 is 1.68 bits per heavy atom. The molecule has 1 heterocycles. The van der Waals surface area contributed by atoms with Gasteiger partial charge in [-0.15, -0.1) is 0 Å². The van der Waals surface area contributed by atoms with E-state index < -0.39 is 0 Å². The Morgan fingerprint density at radius 1 is 0.440 bits per heavy atom. The largest absolute Gasteiger partial charge is 0.354 e. The van der Waals surface area contributed by atoms with E-state index in [-0.39, 0.29) is 0 Å². The molecule has 0 unspecified atom stereocenters. The molecule has 5 aromatic rings. The van der Waals surface area contributed by atoms with Gasteiger partial charge in [-0.25, -0.2) is 0 Å². The van der Waals surface area contributed by atoms with Crippen molar-refractivity contribution in [2.45, 2.75) is 0 Å². The van der Waals surface area contributed by atoms with Crippen LogP contribution in [0.5, 0.6) is 0 Å². The summed E-state index contributed by atoms with van der Waals surface area (Å²) in [6.07, 6.45) is 0. The van der Waals surface area contributed by atoms with Crippen molar-refractivity contribution in [3.8, 4) is 22.3 Å². The molecule has 0 aliphatic carbocycles. The van der Waals surface area contributed by atoms with Crippen molar-refractivity contribution in [1.29, 1.82) is 0 Å². The fraction of sp³-hybridized carbons (Fsp3) is 0. The molecule has 118 valence electrons. The monoisotopic (exact) mass is 319 g/mol. The minimum Gasteiger partial charge on any atom is -0.354 e. The normalized spacial score (nSPS) is 11.2. The highest BCUT2D eigenvalue weighted by molar-refractivity contribution is 6.10. The van der Waals surface area contributed by atoms with E-state index >= 15 is 0 Å². The number of H-pyrrole nitrogens is 1. The summed E-state index contributed by atoms with van der Waals surface area (Å²) in [5, 5.41) is 2.54. The molecule has 25 heavy (non-hydrogen) atoms. The maximum atomic E-state index is 3.57.